The summed E-state index contributed by atoms with van der Waals surface area (Å²) in [6.07, 6.45) is 6.26. The molecule has 16 nitrogen and oxygen atoms in total. The number of ether oxygens (including phenoxy) is 2. The summed E-state index contributed by atoms with van der Waals surface area (Å²) in [4.78, 5) is 34.6. The van der Waals surface area contributed by atoms with Gasteiger partial charge in [0.15, 0.2) is 11.2 Å². The van der Waals surface area contributed by atoms with Gasteiger partial charge in [0, 0.05) is 48.1 Å². The highest BCUT2D eigenvalue weighted by Gasteiger charge is 2.61. The number of aliphatic hydroxyl groups is 1. The number of azide groups is 2. The van der Waals surface area contributed by atoms with Crippen LogP contribution in [0.25, 0.3) is 20.9 Å². The van der Waals surface area contributed by atoms with Crippen molar-refractivity contribution in [3.63, 3.8) is 0 Å². The fraction of sp³-hybridized carbons (Fsp3) is 0.617. The van der Waals surface area contributed by atoms with Crippen molar-refractivity contribution in [2.24, 2.45) is 21.7 Å². The minimum Gasteiger partial charge on any atom is -0.438 e. The van der Waals surface area contributed by atoms with E-state index >= 15 is 0 Å². The Morgan fingerprint density at radius 1 is 0.797 bits per heavy atom. The van der Waals surface area contributed by atoms with Gasteiger partial charge in [-0.05, 0) is 91.7 Å². The Hall–Kier alpha value is -4.86. The van der Waals surface area contributed by atoms with Crippen molar-refractivity contribution in [3.8, 4) is 0 Å². The number of nitrogens with two attached hydrogens (primary N) is 2. The maximum Gasteiger partial charge on any atom is 0.410 e. The zero-order valence-corrected chi connectivity index (χ0v) is 39.5. The Morgan fingerprint density at radius 2 is 1.20 bits per heavy atom. The van der Waals surface area contributed by atoms with Crippen LogP contribution in [0.1, 0.15) is 107 Å². The molecule has 2 heterocycles. The highest BCUT2D eigenvalue weighted by molar-refractivity contribution is 6.99. The van der Waals surface area contributed by atoms with Crippen LogP contribution in [-0.4, -0.2) is 109 Å². The second-order valence-corrected chi connectivity index (χ2v) is 21.9. The predicted octanol–water partition coefficient (Wildman–Crippen LogP) is 8.88. The summed E-state index contributed by atoms with van der Waals surface area (Å²) in [5.41, 5.74) is 27.9. The largest absolute Gasteiger partial charge is 0.438 e. The highest BCUT2D eigenvalue weighted by atomic mass is 28.4. The molecule has 0 spiro atoms. The molecule has 4 rings (SSSR count). The molecule has 2 amide bonds. The van der Waals surface area contributed by atoms with Crippen molar-refractivity contribution in [3.05, 3.63) is 107 Å². The number of cyclic esters (lactones) is 2. The maximum absolute atomic E-state index is 13.4. The summed E-state index contributed by atoms with van der Waals surface area (Å²) >= 11 is 0. The van der Waals surface area contributed by atoms with Gasteiger partial charge in [-0.15, -0.1) is 13.2 Å². The van der Waals surface area contributed by atoms with E-state index in [2.05, 4.69) is 109 Å². The third-order valence-corrected chi connectivity index (χ3v) is 17.4. The minimum absolute atomic E-state index is 0. The first-order valence-electron chi connectivity index (χ1n) is 22.2. The molecule has 2 aromatic rings. The third-order valence-electron chi connectivity index (χ3n) is 12.4. The van der Waals surface area contributed by atoms with Gasteiger partial charge < -0.3 is 30.5 Å². The number of hydrogen-bond donors (Lipinski definition) is 3. The van der Waals surface area contributed by atoms with Gasteiger partial charge in [-0.2, -0.15) is 0 Å². The smallest absolute Gasteiger partial charge is 0.410 e. The number of carbonyl (C=O) groups is 2. The van der Waals surface area contributed by atoms with E-state index in [0.717, 1.165) is 0 Å². The molecule has 8 atom stereocenters. The molecule has 5 N–H and O–H groups in total. The molecular weight excluding hydrogens is 829 g/mol. The number of aliphatic hydroxyl groups excluding tert-OH is 1. The van der Waals surface area contributed by atoms with E-state index < -0.39 is 49.9 Å². The Kier molecular flexibility index (Phi) is 22.1. The predicted molar refractivity (Wildman–Crippen MR) is 259 cm³/mol. The Balaban J connectivity index is 0.000000501. The Labute approximate surface area is 382 Å². The Bertz CT molecular complexity index is 1840. The lowest BCUT2D eigenvalue weighted by molar-refractivity contribution is -0.0653. The van der Waals surface area contributed by atoms with Gasteiger partial charge in [0.05, 0.1) is 24.3 Å². The van der Waals surface area contributed by atoms with E-state index in [4.69, 9.17) is 36.4 Å². The van der Waals surface area contributed by atoms with Crippen molar-refractivity contribution in [2.45, 2.75) is 160 Å². The molecule has 354 valence electrons. The number of carbonyl (C=O) groups excluding carboxylic acids is 2. The van der Waals surface area contributed by atoms with Crippen molar-refractivity contribution >= 4 is 30.9 Å². The molecule has 0 saturated carbocycles. The van der Waals surface area contributed by atoms with Crippen LogP contribution in [0.3, 0.4) is 0 Å². The second-order valence-electron chi connectivity index (χ2n) is 17.7. The van der Waals surface area contributed by atoms with Crippen molar-refractivity contribution in [1.82, 2.24) is 9.80 Å². The third kappa shape index (κ3) is 12.7. The number of unbranched alkanes of at least 4 members (excludes halogenated alkanes) is 2. The summed E-state index contributed by atoms with van der Waals surface area (Å²) in [6, 6.07) is 19.4. The van der Waals surface area contributed by atoms with Crippen LogP contribution >= 0.6 is 0 Å². The Morgan fingerprint density at radius 3 is 1.56 bits per heavy atom. The molecule has 2 aliphatic heterocycles. The van der Waals surface area contributed by atoms with Crippen molar-refractivity contribution < 1.29 is 28.6 Å². The summed E-state index contributed by atoms with van der Waals surface area (Å²) in [5.74, 6) is 0. The molecule has 2 saturated heterocycles. The van der Waals surface area contributed by atoms with Crippen LogP contribution in [0.5, 0.6) is 0 Å². The number of amides is 2. The van der Waals surface area contributed by atoms with Crippen LogP contribution in [-0.2, 0) is 13.9 Å². The zero-order valence-electron chi connectivity index (χ0n) is 38.5. The molecule has 2 fully saturated rings. The summed E-state index contributed by atoms with van der Waals surface area (Å²) in [5, 5.41) is 19.5. The molecule has 0 aliphatic carbocycles. The van der Waals surface area contributed by atoms with Gasteiger partial charge in [0.1, 0.15) is 0 Å². The number of benzene rings is 2. The molecular formula is C47H76N10O6Si. The molecule has 2 aliphatic rings. The number of rotatable bonds is 24. The lowest BCUT2D eigenvalue weighted by atomic mass is 9.83. The SMILES string of the molecule is C.C=CC[C@@H](N)[C@H]1N(CCCCN=[N+]=[N-])C(=O)O[C@]1(C)[C@@H](CC)O[Si](c1ccccc1)(c1ccccc1)C(C)(C)C.C=CC[C@@H](N)[C@H]1N(CCCCN=[N+]=[N-])C(=O)O[C@]1(C)[C@H](O)CC. The van der Waals surface area contributed by atoms with Crippen LogP contribution < -0.4 is 21.8 Å². The standard InChI is InChI=1S/C31H45N5O3Si.C15H27N5O3.CH4/c1-7-17-26(32)28-31(6,38-29(37)36(28)23-16-15-22-34-35-33)27(8-2)39-40(30(3,4)5,24-18-11-9-12-19-24)25-20-13-10-14-21-25;1-4-8-11(16)13-15(3,12(21)5-2)23-14(22)20(13)10-7-6-9-18-19-17;/h7,9-14,18-21,26-28H,1,8,15-17,22-23,32H2,2-6H3;4,11-13,21H,1,5-10,16H2,2-3H3;1H4/t26-,27-,28-,31-;11-,12-,13-,15-;/m11./s1. The van der Waals surface area contributed by atoms with Crippen LogP contribution in [0, 0.1) is 0 Å². The van der Waals surface area contributed by atoms with Crippen molar-refractivity contribution in [1.29, 1.82) is 0 Å². The van der Waals surface area contributed by atoms with Crippen LogP contribution in [0.4, 0.5) is 9.59 Å². The van der Waals surface area contributed by atoms with Crippen LogP contribution in [0.2, 0.25) is 5.04 Å². The highest BCUT2D eigenvalue weighted by Crippen LogP contribution is 2.44. The van der Waals surface area contributed by atoms with Crippen molar-refractivity contribution in [2.75, 3.05) is 26.2 Å². The summed E-state index contributed by atoms with van der Waals surface area (Å²) in [7, 11) is -2.93. The number of nitrogens with zero attached hydrogens (tertiary/aromatic N) is 8. The van der Waals surface area contributed by atoms with E-state index in [-0.39, 0.29) is 30.6 Å². The van der Waals surface area contributed by atoms with Gasteiger partial charge in [-0.1, -0.05) is 125 Å². The topological polar surface area (TPSA) is 238 Å². The normalized spacial score (nSPS) is 22.5. The quantitative estimate of drug-likeness (QED) is 0.0229. The van der Waals surface area contributed by atoms with Crippen LogP contribution in [0.15, 0.2) is 96.2 Å². The number of hydrogen-bond acceptors (Lipinski definition) is 10. The monoisotopic (exact) mass is 905 g/mol. The van der Waals surface area contributed by atoms with E-state index in [1.807, 2.05) is 26.0 Å². The average Bonchev–Trinajstić information content (AvgIpc) is 3.68. The average molecular weight is 905 g/mol. The first-order valence-corrected chi connectivity index (χ1v) is 24.1. The molecule has 2 aromatic carbocycles. The molecule has 0 unspecified atom stereocenters. The molecule has 0 aromatic heterocycles. The lowest BCUT2D eigenvalue weighted by Gasteiger charge is -2.49. The fourth-order valence-corrected chi connectivity index (χ4v) is 14.2. The van der Waals surface area contributed by atoms with Gasteiger partial charge in [0.2, 0.25) is 0 Å². The molecule has 0 bridgehead atoms. The van der Waals surface area contributed by atoms with E-state index in [1.54, 1.807) is 28.9 Å². The second kappa shape index (κ2) is 25.6. The maximum atomic E-state index is 13.4. The van der Waals surface area contributed by atoms with E-state index in [0.29, 0.717) is 77.5 Å². The summed E-state index contributed by atoms with van der Waals surface area (Å²) < 4.78 is 19.3. The summed E-state index contributed by atoms with van der Waals surface area (Å²) in [6.45, 7) is 23.6. The minimum atomic E-state index is -2.93. The van der Waals surface area contributed by atoms with Gasteiger partial charge in [-0.3, -0.25) is 9.80 Å². The first kappa shape index (κ1) is 55.3. The van der Waals surface area contributed by atoms with Gasteiger partial charge in [0.25, 0.3) is 8.32 Å². The van der Waals surface area contributed by atoms with Gasteiger partial charge in [-0.25, -0.2) is 9.59 Å². The molecule has 64 heavy (non-hydrogen) atoms. The fourth-order valence-electron chi connectivity index (χ4n) is 9.33. The first-order chi connectivity index (χ1) is 30.0. The van der Waals surface area contributed by atoms with E-state index in [9.17, 15) is 14.7 Å². The van der Waals surface area contributed by atoms with Gasteiger partial charge >= 0.3 is 12.2 Å². The molecule has 0 radical (unpaired) electrons. The molecule has 17 heteroatoms. The lowest BCUT2D eigenvalue weighted by Crippen LogP contribution is -2.70. The zero-order chi connectivity index (χ0) is 46.8. The van der Waals surface area contributed by atoms with E-state index in [1.165, 1.54) is 10.4 Å².